The van der Waals surface area contributed by atoms with Crippen molar-refractivity contribution in [2.75, 3.05) is 26.4 Å². The van der Waals surface area contributed by atoms with Crippen LogP contribution >= 0.6 is 0 Å². The molecule has 0 bridgehead atoms. The topological polar surface area (TPSA) is 69.9 Å². The Kier molecular flexibility index (Phi) is 30.2. The average molecular weight is 391 g/mol. The predicted octanol–water partition coefficient (Wildman–Crippen LogP) is 5.62. The summed E-state index contributed by atoms with van der Waals surface area (Å²) in [5.74, 6) is 0. The van der Waals surface area contributed by atoms with Crippen LogP contribution in [0.4, 0.5) is 0 Å². The quantitative estimate of drug-likeness (QED) is 0.236. The van der Waals surface area contributed by atoms with E-state index in [1.165, 1.54) is 103 Å². The molecular weight excluding hydrogens is 340 g/mol. The van der Waals surface area contributed by atoms with Crippen LogP contribution in [-0.4, -0.2) is 47.9 Å². The molecule has 3 N–H and O–H groups in total. The van der Waals surface area contributed by atoms with Crippen molar-refractivity contribution in [3.05, 3.63) is 0 Å². The minimum atomic E-state index is -0.954. The highest BCUT2D eigenvalue weighted by Gasteiger charge is 1.95. The SMILES string of the molecule is CCCCCCCCCCOCCCCCCCCCC.OCC(O)CO. The molecule has 0 fully saturated rings. The molecule has 0 aliphatic heterocycles. The van der Waals surface area contributed by atoms with Gasteiger partial charge in [0.1, 0.15) is 6.10 Å². The minimum absolute atomic E-state index is 0.365. The largest absolute Gasteiger partial charge is 0.394 e. The minimum Gasteiger partial charge on any atom is -0.394 e. The fourth-order valence-corrected chi connectivity index (χ4v) is 2.84. The van der Waals surface area contributed by atoms with E-state index in [0.29, 0.717) is 0 Å². The third kappa shape index (κ3) is 30.8. The molecule has 27 heavy (non-hydrogen) atoms. The van der Waals surface area contributed by atoms with E-state index in [9.17, 15) is 0 Å². The summed E-state index contributed by atoms with van der Waals surface area (Å²) in [6.45, 7) is 5.82. The summed E-state index contributed by atoms with van der Waals surface area (Å²) in [5, 5.41) is 24.0. The molecule has 0 aliphatic carbocycles. The van der Waals surface area contributed by atoms with Gasteiger partial charge in [0, 0.05) is 13.2 Å². The zero-order chi connectivity index (χ0) is 20.4. The van der Waals surface area contributed by atoms with E-state index in [4.69, 9.17) is 20.1 Å². The maximum Gasteiger partial charge on any atom is 0.100 e. The van der Waals surface area contributed by atoms with Crippen LogP contribution in [0.3, 0.4) is 0 Å². The third-order valence-corrected chi connectivity index (χ3v) is 4.71. The van der Waals surface area contributed by atoms with Gasteiger partial charge in [-0.25, -0.2) is 0 Å². The molecule has 0 aromatic heterocycles. The van der Waals surface area contributed by atoms with E-state index >= 15 is 0 Å². The third-order valence-electron chi connectivity index (χ3n) is 4.71. The fourth-order valence-electron chi connectivity index (χ4n) is 2.84. The van der Waals surface area contributed by atoms with Gasteiger partial charge in [0.25, 0.3) is 0 Å². The summed E-state index contributed by atoms with van der Waals surface area (Å²) in [7, 11) is 0. The number of ether oxygens (including phenoxy) is 1. The van der Waals surface area contributed by atoms with E-state index in [2.05, 4.69) is 13.8 Å². The Morgan fingerprint density at radius 2 is 0.815 bits per heavy atom. The first-order valence-electron chi connectivity index (χ1n) is 11.7. The summed E-state index contributed by atoms with van der Waals surface area (Å²) in [6, 6.07) is 0. The Morgan fingerprint density at radius 3 is 1.07 bits per heavy atom. The van der Waals surface area contributed by atoms with Crippen molar-refractivity contribution in [3.8, 4) is 0 Å². The van der Waals surface area contributed by atoms with Crippen LogP contribution in [0.5, 0.6) is 0 Å². The van der Waals surface area contributed by atoms with Crippen molar-refractivity contribution < 1.29 is 20.1 Å². The molecule has 0 unspecified atom stereocenters. The second-order valence-corrected chi connectivity index (χ2v) is 7.58. The molecule has 4 heteroatoms. The van der Waals surface area contributed by atoms with Gasteiger partial charge in [0.2, 0.25) is 0 Å². The second-order valence-electron chi connectivity index (χ2n) is 7.58. The predicted molar refractivity (Wildman–Crippen MR) is 116 cm³/mol. The summed E-state index contributed by atoms with van der Waals surface area (Å²) in [6.07, 6.45) is 21.3. The molecule has 0 heterocycles. The first-order chi connectivity index (χ1) is 13.2. The summed E-state index contributed by atoms with van der Waals surface area (Å²) in [5.41, 5.74) is 0. The van der Waals surface area contributed by atoms with Gasteiger partial charge >= 0.3 is 0 Å². The molecule has 0 saturated heterocycles. The van der Waals surface area contributed by atoms with Crippen LogP contribution in [0.15, 0.2) is 0 Å². The Balaban J connectivity index is 0. The molecule has 0 rings (SSSR count). The molecule has 0 amide bonds. The maximum absolute atomic E-state index is 8.17. The van der Waals surface area contributed by atoms with Crippen molar-refractivity contribution >= 4 is 0 Å². The lowest BCUT2D eigenvalue weighted by Crippen LogP contribution is -2.15. The van der Waals surface area contributed by atoms with Gasteiger partial charge in [0.05, 0.1) is 13.2 Å². The molecule has 4 nitrogen and oxygen atoms in total. The fraction of sp³-hybridized carbons (Fsp3) is 1.00. The van der Waals surface area contributed by atoms with E-state index in [0.717, 1.165) is 13.2 Å². The Labute approximate surface area is 169 Å². The number of hydrogen-bond acceptors (Lipinski definition) is 4. The van der Waals surface area contributed by atoms with Gasteiger partial charge in [0.15, 0.2) is 0 Å². The average Bonchev–Trinajstić information content (AvgIpc) is 2.70. The van der Waals surface area contributed by atoms with Crippen molar-refractivity contribution in [1.82, 2.24) is 0 Å². The molecule has 0 atom stereocenters. The van der Waals surface area contributed by atoms with Gasteiger partial charge in [-0.2, -0.15) is 0 Å². The van der Waals surface area contributed by atoms with Crippen LogP contribution in [0, 0.1) is 0 Å². The van der Waals surface area contributed by atoms with E-state index < -0.39 is 6.10 Å². The maximum atomic E-state index is 8.17. The Morgan fingerprint density at radius 1 is 0.519 bits per heavy atom. The van der Waals surface area contributed by atoms with Crippen molar-refractivity contribution in [2.24, 2.45) is 0 Å². The smallest absolute Gasteiger partial charge is 0.100 e. The number of aliphatic hydroxyl groups excluding tert-OH is 3. The number of unbranched alkanes of at least 4 members (excludes halogenated alkanes) is 14. The molecule has 166 valence electrons. The standard InChI is InChI=1S/C20H42O.C3H8O3/c1-3-5-7-9-11-13-15-17-19-21-20-18-16-14-12-10-8-6-4-2;4-1-3(6)2-5/h3-20H2,1-2H3;3-6H,1-2H2. The summed E-state index contributed by atoms with van der Waals surface area (Å²) >= 11 is 0. The molecule has 0 radical (unpaired) electrons. The first kappa shape index (κ1) is 29.0. The lowest BCUT2D eigenvalue weighted by atomic mass is 10.1. The van der Waals surface area contributed by atoms with Gasteiger partial charge in [-0.3, -0.25) is 0 Å². The van der Waals surface area contributed by atoms with E-state index in [1.54, 1.807) is 0 Å². The summed E-state index contributed by atoms with van der Waals surface area (Å²) < 4.78 is 5.72. The number of rotatable bonds is 20. The second kappa shape index (κ2) is 28.1. The van der Waals surface area contributed by atoms with Gasteiger partial charge in [-0.15, -0.1) is 0 Å². The lowest BCUT2D eigenvalue weighted by Gasteiger charge is -2.05. The van der Waals surface area contributed by atoms with Crippen LogP contribution in [-0.2, 0) is 4.74 Å². The van der Waals surface area contributed by atoms with Gasteiger partial charge in [-0.1, -0.05) is 104 Å². The van der Waals surface area contributed by atoms with Crippen molar-refractivity contribution in [1.29, 1.82) is 0 Å². The molecule has 0 aliphatic rings. The first-order valence-corrected chi connectivity index (χ1v) is 11.7. The highest BCUT2D eigenvalue weighted by atomic mass is 16.5. The molecular formula is C23H50O4. The Bertz CT molecular complexity index is 214. The van der Waals surface area contributed by atoms with E-state index in [1.807, 2.05) is 0 Å². The van der Waals surface area contributed by atoms with Crippen molar-refractivity contribution in [3.63, 3.8) is 0 Å². The molecule has 0 spiro atoms. The van der Waals surface area contributed by atoms with Crippen LogP contribution < -0.4 is 0 Å². The van der Waals surface area contributed by atoms with Crippen LogP contribution in [0.2, 0.25) is 0 Å². The van der Waals surface area contributed by atoms with Gasteiger partial charge in [-0.05, 0) is 12.8 Å². The zero-order valence-corrected chi connectivity index (χ0v) is 18.5. The highest BCUT2D eigenvalue weighted by Crippen LogP contribution is 2.10. The lowest BCUT2D eigenvalue weighted by molar-refractivity contribution is 0.0450. The van der Waals surface area contributed by atoms with Crippen LogP contribution in [0.25, 0.3) is 0 Å². The Hall–Kier alpha value is -0.160. The number of hydrogen-bond donors (Lipinski definition) is 3. The van der Waals surface area contributed by atoms with Gasteiger partial charge < -0.3 is 20.1 Å². The molecule has 0 saturated carbocycles. The van der Waals surface area contributed by atoms with Crippen molar-refractivity contribution in [2.45, 2.75) is 123 Å². The van der Waals surface area contributed by atoms with Crippen LogP contribution in [0.1, 0.15) is 117 Å². The number of aliphatic hydroxyl groups is 3. The highest BCUT2D eigenvalue weighted by molar-refractivity contribution is 4.48. The molecule has 0 aromatic rings. The zero-order valence-electron chi connectivity index (χ0n) is 18.5. The molecule has 0 aromatic carbocycles. The normalized spacial score (nSPS) is 10.9. The van der Waals surface area contributed by atoms with E-state index in [-0.39, 0.29) is 13.2 Å². The monoisotopic (exact) mass is 390 g/mol. The summed E-state index contributed by atoms with van der Waals surface area (Å²) in [4.78, 5) is 0.